The lowest BCUT2D eigenvalue weighted by molar-refractivity contribution is 0.0673. The van der Waals surface area contributed by atoms with Gasteiger partial charge in [-0.3, -0.25) is 9.78 Å². The van der Waals surface area contributed by atoms with Crippen LogP contribution in [0.3, 0.4) is 0 Å². The smallest absolute Gasteiger partial charge is 0.254 e. The third-order valence-corrected chi connectivity index (χ3v) is 3.50. The molecule has 0 bridgehead atoms. The molecule has 1 aromatic heterocycles. The first-order valence-corrected chi connectivity index (χ1v) is 7.10. The number of rotatable bonds is 3. The van der Waals surface area contributed by atoms with Gasteiger partial charge in [-0.15, -0.1) is 0 Å². The van der Waals surface area contributed by atoms with Gasteiger partial charge in [0.2, 0.25) is 0 Å². The molecule has 2 heterocycles. The fourth-order valence-electron chi connectivity index (χ4n) is 2.62. The van der Waals surface area contributed by atoms with Crippen LogP contribution in [0, 0.1) is 5.92 Å². The zero-order valence-electron chi connectivity index (χ0n) is 11.8. The van der Waals surface area contributed by atoms with Gasteiger partial charge in [0, 0.05) is 37.1 Å². The van der Waals surface area contributed by atoms with Crippen molar-refractivity contribution >= 4 is 5.91 Å². The highest BCUT2D eigenvalue weighted by molar-refractivity contribution is 5.94. The number of nitrogens with one attached hydrogen (secondary N) is 1. The molecule has 0 radical (unpaired) electrons. The first kappa shape index (κ1) is 14.0. The number of hydrogen-bond donors (Lipinski definition) is 1. The van der Waals surface area contributed by atoms with Crippen LogP contribution in [0.1, 0.15) is 37.0 Å². The monoisotopic (exact) mass is 261 g/mol. The highest BCUT2D eigenvalue weighted by Crippen LogP contribution is 2.16. The van der Waals surface area contributed by atoms with Crippen molar-refractivity contribution in [1.29, 1.82) is 0 Å². The second kappa shape index (κ2) is 6.66. The van der Waals surface area contributed by atoms with Gasteiger partial charge in [0.05, 0.1) is 0 Å². The standard InChI is InChI=1S/C15H23N3O/c1-12(2)10-14-11-17-6-3-9-18(14)15(19)13-4-7-16-8-5-13/h4-5,7-8,12,14,17H,3,6,9-11H2,1-2H3. The van der Waals surface area contributed by atoms with Gasteiger partial charge in [0.15, 0.2) is 0 Å². The van der Waals surface area contributed by atoms with Crippen LogP contribution in [-0.2, 0) is 0 Å². The first-order chi connectivity index (χ1) is 9.18. The van der Waals surface area contributed by atoms with E-state index in [4.69, 9.17) is 0 Å². The topological polar surface area (TPSA) is 45.2 Å². The average molecular weight is 261 g/mol. The number of carbonyl (C=O) groups is 1. The predicted molar refractivity (Wildman–Crippen MR) is 76.0 cm³/mol. The van der Waals surface area contributed by atoms with E-state index in [9.17, 15) is 4.79 Å². The first-order valence-electron chi connectivity index (χ1n) is 7.10. The molecule has 1 saturated heterocycles. The Labute approximate surface area is 115 Å². The highest BCUT2D eigenvalue weighted by atomic mass is 16.2. The minimum atomic E-state index is 0.136. The molecule has 0 saturated carbocycles. The highest BCUT2D eigenvalue weighted by Gasteiger charge is 2.26. The van der Waals surface area contributed by atoms with E-state index in [0.717, 1.165) is 38.0 Å². The van der Waals surface area contributed by atoms with E-state index in [0.29, 0.717) is 12.0 Å². The molecule has 0 spiro atoms. The third-order valence-electron chi connectivity index (χ3n) is 3.50. The van der Waals surface area contributed by atoms with Crippen molar-refractivity contribution < 1.29 is 4.79 Å². The van der Waals surface area contributed by atoms with E-state index in [2.05, 4.69) is 24.1 Å². The molecule has 1 amide bonds. The van der Waals surface area contributed by atoms with Crippen LogP contribution in [-0.4, -0.2) is 41.5 Å². The van der Waals surface area contributed by atoms with Gasteiger partial charge < -0.3 is 10.2 Å². The molecule has 0 aromatic carbocycles. The molecule has 1 aliphatic heterocycles. The van der Waals surface area contributed by atoms with Gasteiger partial charge in [0.1, 0.15) is 0 Å². The number of hydrogen-bond acceptors (Lipinski definition) is 3. The second-order valence-electron chi connectivity index (χ2n) is 5.58. The number of aromatic nitrogens is 1. The van der Waals surface area contributed by atoms with Crippen LogP contribution in [0.2, 0.25) is 0 Å². The molecule has 1 fully saturated rings. The van der Waals surface area contributed by atoms with E-state index in [-0.39, 0.29) is 5.91 Å². The van der Waals surface area contributed by atoms with Crippen molar-refractivity contribution in [2.75, 3.05) is 19.6 Å². The van der Waals surface area contributed by atoms with Gasteiger partial charge in [-0.1, -0.05) is 13.8 Å². The third kappa shape index (κ3) is 3.77. The van der Waals surface area contributed by atoms with Crippen LogP contribution in [0.25, 0.3) is 0 Å². The zero-order valence-corrected chi connectivity index (χ0v) is 11.8. The summed E-state index contributed by atoms with van der Waals surface area (Å²) in [5, 5.41) is 3.43. The molecule has 1 N–H and O–H groups in total. The SMILES string of the molecule is CC(C)CC1CNCCCN1C(=O)c1ccncc1. The largest absolute Gasteiger partial charge is 0.334 e. The van der Waals surface area contributed by atoms with Crippen molar-refractivity contribution in [3.63, 3.8) is 0 Å². The van der Waals surface area contributed by atoms with Crippen molar-refractivity contribution in [1.82, 2.24) is 15.2 Å². The maximum Gasteiger partial charge on any atom is 0.254 e. The molecule has 2 rings (SSSR count). The maximum atomic E-state index is 12.6. The Morgan fingerprint density at radius 1 is 1.47 bits per heavy atom. The fraction of sp³-hybridized carbons (Fsp3) is 0.600. The lowest BCUT2D eigenvalue weighted by Crippen LogP contribution is -2.44. The normalized spacial score (nSPS) is 20.4. The van der Waals surface area contributed by atoms with Crippen LogP contribution in [0.4, 0.5) is 0 Å². The summed E-state index contributed by atoms with van der Waals surface area (Å²) in [5.74, 6) is 0.731. The molecule has 4 nitrogen and oxygen atoms in total. The molecule has 4 heteroatoms. The van der Waals surface area contributed by atoms with Crippen molar-refractivity contribution in [2.45, 2.75) is 32.7 Å². The molecule has 1 aliphatic rings. The Bertz CT molecular complexity index is 405. The van der Waals surface area contributed by atoms with E-state index in [1.807, 2.05) is 4.90 Å². The zero-order chi connectivity index (χ0) is 13.7. The van der Waals surface area contributed by atoms with E-state index in [1.165, 1.54) is 0 Å². The minimum absolute atomic E-state index is 0.136. The van der Waals surface area contributed by atoms with Gasteiger partial charge in [-0.25, -0.2) is 0 Å². The van der Waals surface area contributed by atoms with E-state index >= 15 is 0 Å². The lowest BCUT2D eigenvalue weighted by Gasteiger charge is -2.31. The van der Waals surface area contributed by atoms with E-state index in [1.54, 1.807) is 24.5 Å². The van der Waals surface area contributed by atoms with Crippen molar-refractivity contribution in [2.24, 2.45) is 5.92 Å². The quantitative estimate of drug-likeness (QED) is 0.904. The molecular weight excluding hydrogens is 238 g/mol. The molecular formula is C15H23N3O. The molecule has 19 heavy (non-hydrogen) atoms. The molecule has 0 aliphatic carbocycles. The minimum Gasteiger partial charge on any atom is -0.334 e. The Balaban J connectivity index is 2.15. The summed E-state index contributed by atoms with van der Waals surface area (Å²) in [6.07, 6.45) is 5.43. The molecule has 1 unspecified atom stereocenters. The summed E-state index contributed by atoms with van der Waals surface area (Å²) in [4.78, 5) is 18.6. The van der Waals surface area contributed by atoms with Crippen LogP contribution < -0.4 is 5.32 Å². The number of pyridine rings is 1. The summed E-state index contributed by atoms with van der Waals surface area (Å²) in [7, 11) is 0. The van der Waals surface area contributed by atoms with E-state index < -0.39 is 0 Å². The van der Waals surface area contributed by atoms with Crippen LogP contribution in [0.5, 0.6) is 0 Å². The maximum absolute atomic E-state index is 12.6. The Morgan fingerprint density at radius 2 is 2.21 bits per heavy atom. The number of nitrogens with zero attached hydrogens (tertiary/aromatic N) is 2. The number of carbonyl (C=O) groups excluding carboxylic acids is 1. The summed E-state index contributed by atoms with van der Waals surface area (Å²) in [6.45, 7) is 7.15. The fourth-order valence-corrected chi connectivity index (χ4v) is 2.62. The van der Waals surface area contributed by atoms with Crippen LogP contribution >= 0.6 is 0 Å². The van der Waals surface area contributed by atoms with Gasteiger partial charge in [0.25, 0.3) is 5.91 Å². The summed E-state index contributed by atoms with van der Waals surface area (Å²) in [6, 6.07) is 3.89. The summed E-state index contributed by atoms with van der Waals surface area (Å²) < 4.78 is 0. The van der Waals surface area contributed by atoms with Crippen LogP contribution in [0.15, 0.2) is 24.5 Å². The molecule has 104 valence electrons. The Kier molecular flexibility index (Phi) is 4.91. The number of amides is 1. The Hall–Kier alpha value is -1.42. The molecule has 1 aromatic rings. The summed E-state index contributed by atoms with van der Waals surface area (Å²) in [5.41, 5.74) is 0.741. The van der Waals surface area contributed by atoms with Crippen molar-refractivity contribution in [3.05, 3.63) is 30.1 Å². The van der Waals surface area contributed by atoms with Gasteiger partial charge >= 0.3 is 0 Å². The predicted octanol–water partition coefficient (Wildman–Crippen LogP) is 1.93. The second-order valence-corrected chi connectivity index (χ2v) is 5.58. The molecule has 1 atom stereocenters. The van der Waals surface area contributed by atoms with Gasteiger partial charge in [-0.2, -0.15) is 0 Å². The summed E-state index contributed by atoms with van der Waals surface area (Å²) >= 11 is 0. The Morgan fingerprint density at radius 3 is 2.89 bits per heavy atom. The lowest BCUT2D eigenvalue weighted by atomic mass is 10.0. The van der Waals surface area contributed by atoms with Gasteiger partial charge in [-0.05, 0) is 37.4 Å². The average Bonchev–Trinajstić information content (AvgIpc) is 2.64. The van der Waals surface area contributed by atoms with Crippen molar-refractivity contribution in [3.8, 4) is 0 Å².